The maximum Gasteiger partial charge on any atom is 0.251 e. The SMILES string of the molecule is CC[C@H](NC(=O)c1ccc(CN(c2cc(C)cc(C)c2)S(C)(=O)=O)cc1)c1ccc(OC)c(C)c1. The molecule has 0 fully saturated rings. The van der Waals surface area contributed by atoms with Crippen LogP contribution in [0.25, 0.3) is 0 Å². The molecule has 0 saturated heterocycles. The van der Waals surface area contributed by atoms with Gasteiger partial charge >= 0.3 is 0 Å². The lowest BCUT2D eigenvalue weighted by Gasteiger charge is -2.23. The Labute approximate surface area is 209 Å². The molecule has 0 unspecified atom stereocenters. The molecule has 0 aliphatic carbocycles. The van der Waals surface area contributed by atoms with Crippen LogP contribution in [-0.2, 0) is 16.6 Å². The van der Waals surface area contributed by atoms with E-state index in [4.69, 9.17) is 4.74 Å². The summed E-state index contributed by atoms with van der Waals surface area (Å²) in [6.07, 6.45) is 1.95. The summed E-state index contributed by atoms with van der Waals surface area (Å²) in [6.45, 7) is 8.09. The number of sulfonamides is 1. The van der Waals surface area contributed by atoms with E-state index >= 15 is 0 Å². The van der Waals surface area contributed by atoms with Gasteiger partial charge < -0.3 is 10.1 Å². The second-order valence-electron chi connectivity index (χ2n) is 8.98. The van der Waals surface area contributed by atoms with Gasteiger partial charge in [0.05, 0.1) is 31.6 Å². The number of hydrogen-bond donors (Lipinski definition) is 1. The molecular formula is C28H34N2O4S. The van der Waals surface area contributed by atoms with Gasteiger partial charge in [0.2, 0.25) is 10.0 Å². The predicted octanol–water partition coefficient (Wildman–Crippen LogP) is 5.47. The molecule has 3 aromatic rings. The Morgan fingerprint density at radius 3 is 2.11 bits per heavy atom. The minimum atomic E-state index is -3.49. The fourth-order valence-electron chi connectivity index (χ4n) is 4.20. The molecule has 1 N–H and O–H groups in total. The first-order chi connectivity index (χ1) is 16.5. The zero-order valence-corrected chi connectivity index (χ0v) is 22.1. The number of carbonyl (C=O) groups is 1. The van der Waals surface area contributed by atoms with Gasteiger partial charge in [-0.05, 0) is 85.3 Å². The standard InChI is InChI=1S/C28H34N2O4S/c1-7-26(24-12-13-27(34-5)21(4)17-24)29-28(31)23-10-8-22(9-11-23)18-30(35(6,32)33)25-15-19(2)14-20(3)16-25/h8-17,26H,7,18H2,1-6H3,(H,29,31)/t26-/m0/s1. The van der Waals surface area contributed by atoms with Crippen LogP contribution >= 0.6 is 0 Å². The summed E-state index contributed by atoms with van der Waals surface area (Å²) in [5, 5.41) is 3.10. The van der Waals surface area contributed by atoms with Crippen molar-refractivity contribution in [3.05, 3.63) is 94.0 Å². The normalized spacial score (nSPS) is 12.2. The predicted molar refractivity (Wildman–Crippen MR) is 142 cm³/mol. The Morgan fingerprint density at radius 1 is 0.971 bits per heavy atom. The van der Waals surface area contributed by atoms with Crippen LogP contribution in [0.2, 0.25) is 0 Å². The van der Waals surface area contributed by atoms with E-state index in [-0.39, 0.29) is 18.5 Å². The molecule has 7 heteroatoms. The minimum absolute atomic E-state index is 0.128. The van der Waals surface area contributed by atoms with Crippen LogP contribution in [0.5, 0.6) is 5.75 Å². The number of amides is 1. The molecule has 0 aromatic heterocycles. The summed E-state index contributed by atoms with van der Waals surface area (Å²) in [6, 6.07) is 18.6. The van der Waals surface area contributed by atoms with Crippen LogP contribution in [0, 0.1) is 20.8 Å². The number of anilines is 1. The lowest BCUT2D eigenvalue weighted by Crippen LogP contribution is -2.30. The van der Waals surface area contributed by atoms with Crippen molar-refractivity contribution in [3.8, 4) is 5.75 Å². The zero-order valence-electron chi connectivity index (χ0n) is 21.3. The Kier molecular flexibility index (Phi) is 8.22. The molecule has 35 heavy (non-hydrogen) atoms. The minimum Gasteiger partial charge on any atom is -0.496 e. The van der Waals surface area contributed by atoms with E-state index in [2.05, 4.69) is 5.32 Å². The fourth-order valence-corrected chi connectivity index (χ4v) is 5.07. The van der Waals surface area contributed by atoms with Crippen LogP contribution in [0.3, 0.4) is 0 Å². The van der Waals surface area contributed by atoms with Crippen molar-refractivity contribution in [1.82, 2.24) is 5.32 Å². The van der Waals surface area contributed by atoms with Crippen molar-refractivity contribution < 1.29 is 17.9 Å². The highest BCUT2D eigenvalue weighted by Gasteiger charge is 2.19. The third-order valence-electron chi connectivity index (χ3n) is 5.97. The van der Waals surface area contributed by atoms with Gasteiger partial charge in [0, 0.05) is 5.56 Å². The first kappa shape index (κ1) is 26.3. The number of benzene rings is 3. The van der Waals surface area contributed by atoms with Crippen LogP contribution in [0.1, 0.15) is 57.6 Å². The summed E-state index contributed by atoms with van der Waals surface area (Å²) < 4.78 is 31.8. The van der Waals surface area contributed by atoms with E-state index in [1.165, 1.54) is 10.6 Å². The molecular weight excluding hydrogens is 460 g/mol. The van der Waals surface area contributed by atoms with Gasteiger partial charge in [-0.15, -0.1) is 0 Å². The third kappa shape index (κ3) is 6.63. The summed E-state index contributed by atoms with van der Waals surface area (Å²) in [5.74, 6) is 0.639. The van der Waals surface area contributed by atoms with Gasteiger partial charge in [-0.3, -0.25) is 9.10 Å². The third-order valence-corrected chi connectivity index (χ3v) is 7.11. The van der Waals surface area contributed by atoms with Crippen molar-refractivity contribution in [2.75, 3.05) is 17.7 Å². The molecule has 3 rings (SSSR count). The second-order valence-corrected chi connectivity index (χ2v) is 10.9. The monoisotopic (exact) mass is 494 g/mol. The number of nitrogens with one attached hydrogen (secondary N) is 1. The number of rotatable bonds is 9. The molecule has 0 spiro atoms. The summed E-state index contributed by atoms with van der Waals surface area (Å²) >= 11 is 0. The van der Waals surface area contributed by atoms with Crippen LogP contribution in [-0.4, -0.2) is 27.7 Å². The van der Waals surface area contributed by atoms with Crippen LogP contribution in [0.15, 0.2) is 60.7 Å². The topological polar surface area (TPSA) is 75.7 Å². The summed E-state index contributed by atoms with van der Waals surface area (Å²) in [4.78, 5) is 12.9. The van der Waals surface area contributed by atoms with E-state index in [0.29, 0.717) is 11.3 Å². The molecule has 0 heterocycles. The van der Waals surface area contributed by atoms with Gasteiger partial charge in [-0.1, -0.05) is 37.3 Å². The summed E-state index contributed by atoms with van der Waals surface area (Å²) in [7, 11) is -1.85. The molecule has 6 nitrogen and oxygen atoms in total. The number of ether oxygens (including phenoxy) is 1. The first-order valence-electron chi connectivity index (χ1n) is 11.6. The maximum absolute atomic E-state index is 12.9. The number of methoxy groups -OCH3 is 1. The van der Waals surface area contributed by atoms with E-state index in [0.717, 1.165) is 40.0 Å². The van der Waals surface area contributed by atoms with E-state index in [1.807, 2.05) is 64.1 Å². The van der Waals surface area contributed by atoms with Crippen molar-refractivity contribution in [1.29, 1.82) is 0 Å². The number of carbonyl (C=O) groups excluding carboxylic acids is 1. The van der Waals surface area contributed by atoms with Gasteiger partial charge in [0.15, 0.2) is 0 Å². The highest BCUT2D eigenvalue weighted by Crippen LogP contribution is 2.26. The quantitative estimate of drug-likeness (QED) is 0.428. The lowest BCUT2D eigenvalue weighted by atomic mass is 10.0. The van der Waals surface area contributed by atoms with Crippen LogP contribution in [0.4, 0.5) is 5.69 Å². The lowest BCUT2D eigenvalue weighted by molar-refractivity contribution is 0.0935. The summed E-state index contributed by atoms with van der Waals surface area (Å²) in [5.41, 5.74) is 5.98. The average Bonchev–Trinajstić information content (AvgIpc) is 2.79. The number of nitrogens with zero attached hydrogens (tertiary/aromatic N) is 1. The molecule has 1 atom stereocenters. The highest BCUT2D eigenvalue weighted by molar-refractivity contribution is 7.92. The highest BCUT2D eigenvalue weighted by atomic mass is 32.2. The molecule has 0 bridgehead atoms. The largest absolute Gasteiger partial charge is 0.496 e. The van der Waals surface area contributed by atoms with Crippen molar-refractivity contribution in [2.24, 2.45) is 0 Å². The molecule has 1 amide bonds. The van der Waals surface area contributed by atoms with Gasteiger partial charge in [0.25, 0.3) is 5.91 Å². The molecule has 0 aliphatic rings. The smallest absolute Gasteiger partial charge is 0.251 e. The van der Waals surface area contributed by atoms with E-state index < -0.39 is 10.0 Å². The van der Waals surface area contributed by atoms with E-state index in [9.17, 15) is 13.2 Å². The van der Waals surface area contributed by atoms with E-state index in [1.54, 1.807) is 31.4 Å². The Hall–Kier alpha value is -3.32. The zero-order chi connectivity index (χ0) is 25.8. The van der Waals surface area contributed by atoms with Gasteiger partial charge in [-0.2, -0.15) is 0 Å². The fraction of sp³-hybridized carbons (Fsp3) is 0.321. The van der Waals surface area contributed by atoms with Crippen molar-refractivity contribution in [3.63, 3.8) is 0 Å². The van der Waals surface area contributed by atoms with Crippen molar-refractivity contribution in [2.45, 2.75) is 46.7 Å². The van der Waals surface area contributed by atoms with Crippen LogP contribution < -0.4 is 14.4 Å². The molecule has 0 saturated carbocycles. The Balaban J connectivity index is 1.76. The molecule has 186 valence electrons. The average molecular weight is 495 g/mol. The molecule has 0 radical (unpaired) electrons. The Morgan fingerprint density at radius 2 is 1.60 bits per heavy atom. The number of hydrogen-bond acceptors (Lipinski definition) is 4. The van der Waals surface area contributed by atoms with Gasteiger partial charge in [0.1, 0.15) is 5.75 Å². The number of aryl methyl sites for hydroxylation is 3. The maximum atomic E-state index is 12.9. The first-order valence-corrected chi connectivity index (χ1v) is 13.5. The Bertz CT molecular complexity index is 1280. The van der Waals surface area contributed by atoms with Gasteiger partial charge in [-0.25, -0.2) is 8.42 Å². The molecule has 0 aliphatic heterocycles. The molecule has 3 aromatic carbocycles. The van der Waals surface area contributed by atoms with Crippen molar-refractivity contribution >= 4 is 21.6 Å². The second kappa shape index (κ2) is 11.0.